The van der Waals surface area contributed by atoms with E-state index >= 15 is 0 Å². The summed E-state index contributed by atoms with van der Waals surface area (Å²) in [5.41, 5.74) is 2.85. The zero-order chi connectivity index (χ0) is 6.41. The van der Waals surface area contributed by atoms with Gasteiger partial charge in [0.15, 0.2) is 0 Å². The van der Waals surface area contributed by atoms with Crippen LogP contribution in [-0.4, -0.2) is 12.8 Å². The number of nitrogens with zero attached hydrogens (tertiary/aromatic N) is 1. The molecule has 2 heteroatoms. The van der Waals surface area contributed by atoms with Crippen molar-refractivity contribution in [2.24, 2.45) is 11.0 Å². The number of hydrogen-bond donors (Lipinski definition) is 1. The first-order valence-corrected chi connectivity index (χ1v) is 3.03. The van der Waals surface area contributed by atoms with Gasteiger partial charge in [-0.05, 0) is 12.8 Å². The van der Waals surface area contributed by atoms with Gasteiger partial charge in [-0.2, -0.15) is 5.10 Å². The molecule has 0 unspecified atom stereocenters. The molecule has 0 fully saturated rings. The minimum atomic E-state index is 0.550. The zero-order valence-electron chi connectivity index (χ0n) is 5.81. The van der Waals surface area contributed by atoms with E-state index in [1.165, 1.54) is 0 Å². The Morgan fingerprint density at radius 3 is 2.62 bits per heavy atom. The van der Waals surface area contributed by atoms with Gasteiger partial charge in [0.2, 0.25) is 0 Å². The summed E-state index contributed by atoms with van der Waals surface area (Å²) in [6.07, 6.45) is 1.89. The lowest BCUT2D eigenvalue weighted by Gasteiger charge is -1.93. The first-order valence-electron chi connectivity index (χ1n) is 3.03. The molecule has 0 aliphatic heterocycles. The van der Waals surface area contributed by atoms with Gasteiger partial charge in [0.25, 0.3) is 0 Å². The lowest BCUT2D eigenvalue weighted by Crippen LogP contribution is -2.04. The maximum absolute atomic E-state index is 3.91. The van der Waals surface area contributed by atoms with Crippen molar-refractivity contribution >= 4 is 6.21 Å². The van der Waals surface area contributed by atoms with Gasteiger partial charge in [-0.3, -0.25) is 0 Å². The monoisotopic (exact) mass is 114 g/mol. The molecule has 0 spiro atoms. The van der Waals surface area contributed by atoms with Gasteiger partial charge in [-0.15, -0.1) is 0 Å². The lowest BCUT2D eigenvalue weighted by molar-refractivity contribution is 0.769. The second-order valence-electron chi connectivity index (χ2n) is 2.03. The fourth-order valence-electron chi connectivity index (χ4n) is 0.293. The first kappa shape index (κ1) is 7.47. The molecule has 0 rings (SSSR count). The first-order chi connectivity index (χ1) is 3.77. The topological polar surface area (TPSA) is 24.4 Å². The minimum absolute atomic E-state index is 0.550. The van der Waals surface area contributed by atoms with Gasteiger partial charge < -0.3 is 5.43 Å². The SMILES string of the molecule is CCN/N=C/C(C)C. The van der Waals surface area contributed by atoms with Crippen LogP contribution in [0.15, 0.2) is 5.10 Å². The summed E-state index contributed by atoms with van der Waals surface area (Å²) >= 11 is 0. The number of hydrazone groups is 1. The number of rotatable bonds is 3. The van der Waals surface area contributed by atoms with Crippen molar-refractivity contribution in [1.82, 2.24) is 5.43 Å². The van der Waals surface area contributed by atoms with E-state index in [1.807, 2.05) is 13.1 Å². The van der Waals surface area contributed by atoms with E-state index in [0.29, 0.717) is 5.92 Å². The molecule has 0 atom stereocenters. The molecule has 0 aromatic carbocycles. The quantitative estimate of drug-likeness (QED) is 0.433. The molecule has 0 heterocycles. The number of hydrogen-bond acceptors (Lipinski definition) is 2. The predicted molar refractivity (Wildman–Crippen MR) is 37.0 cm³/mol. The van der Waals surface area contributed by atoms with E-state index in [0.717, 1.165) is 6.54 Å². The van der Waals surface area contributed by atoms with E-state index in [2.05, 4.69) is 24.4 Å². The van der Waals surface area contributed by atoms with Crippen LogP contribution < -0.4 is 5.43 Å². The Labute approximate surface area is 51.0 Å². The second kappa shape index (κ2) is 4.62. The third kappa shape index (κ3) is 5.47. The highest BCUT2D eigenvalue weighted by atomic mass is 15.3. The Bertz CT molecular complexity index is 66.9. The summed E-state index contributed by atoms with van der Waals surface area (Å²) in [6, 6.07) is 0. The van der Waals surface area contributed by atoms with Crippen molar-refractivity contribution in [1.29, 1.82) is 0 Å². The summed E-state index contributed by atoms with van der Waals surface area (Å²) in [5.74, 6) is 0.550. The smallest absolute Gasteiger partial charge is 0.0301 e. The summed E-state index contributed by atoms with van der Waals surface area (Å²) in [7, 11) is 0. The van der Waals surface area contributed by atoms with E-state index in [9.17, 15) is 0 Å². The Kier molecular flexibility index (Phi) is 4.32. The predicted octanol–water partition coefficient (Wildman–Crippen LogP) is 1.24. The average molecular weight is 114 g/mol. The fourth-order valence-corrected chi connectivity index (χ4v) is 0.293. The zero-order valence-corrected chi connectivity index (χ0v) is 5.81. The molecule has 0 radical (unpaired) electrons. The second-order valence-corrected chi connectivity index (χ2v) is 2.03. The van der Waals surface area contributed by atoms with Gasteiger partial charge in [0.05, 0.1) is 0 Å². The molecule has 0 aliphatic carbocycles. The maximum atomic E-state index is 3.91. The fraction of sp³-hybridized carbons (Fsp3) is 0.833. The highest BCUT2D eigenvalue weighted by Gasteiger charge is 1.80. The van der Waals surface area contributed by atoms with Gasteiger partial charge in [0.1, 0.15) is 0 Å². The average Bonchev–Trinajstić information content (AvgIpc) is 1.66. The van der Waals surface area contributed by atoms with Crippen LogP contribution in [0, 0.1) is 5.92 Å². The molecule has 0 amide bonds. The van der Waals surface area contributed by atoms with Crippen LogP contribution in [0.3, 0.4) is 0 Å². The van der Waals surface area contributed by atoms with Crippen molar-refractivity contribution in [2.75, 3.05) is 6.54 Å². The van der Waals surface area contributed by atoms with E-state index in [1.54, 1.807) is 0 Å². The normalized spacial score (nSPS) is 11.0. The molecule has 0 aromatic heterocycles. The third-order valence-electron chi connectivity index (χ3n) is 0.622. The van der Waals surface area contributed by atoms with Crippen LogP contribution in [-0.2, 0) is 0 Å². The van der Waals surface area contributed by atoms with E-state index in [4.69, 9.17) is 0 Å². The van der Waals surface area contributed by atoms with Crippen LogP contribution in [0.5, 0.6) is 0 Å². The molecule has 48 valence electrons. The largest absolute Gasteiger partial charge is 0.311 e. The summed E-state index contributed by atoms with van der Waals surface area (Å²) in [6.45, 7) is 7.13. The maximum Gasteiger partial charge on any atom is 0.0301 e. The van der Waals surface area contributed by atoms with Gasteiger partial charge >= 0.3 is 0 Å². The Hall–Kier alpha value is -0.530. The number of nitrogens with one attached hydrogen (secondary N) is 1. The van der Waals surface area contributed by atoms with Crippen molar-refractivity contribution in [3.05, 3.63) is 0 Å². The molecule has 8 heavy (non-hydrogen) atoms. The molecule has 0 bridgehead atoms. The lowest BCUT2D eigenvalue weighted by atomic mass is 10.3. The van der Waals surface area contributed by atoms with Gasteiger partial charge in [-0.1, -0.05) is 13.8 Å². The molecule has 0 saturated carbocycles. The Morgan fingerprint density at radius 2 is 2.25 bits per heavy atom. The van der Waals surface area contributed by atoms with E-state index < -0.39 is 0 Å². The highest BCUT2D eigenvalue weighted by Crippen LogP contribution is 1.82. The molecule has 0 saturated heterocycles. The standard InChI is InChI=1S/C6H14N2/c1-4-7-8-5-6(2)3/h5-7H,4H2,1-3H3/b8-5+. The van der Waals surface area contributed by atoms with Crippen molar-refractivity contribution < 1.29 is 0 Å². The molecular weight excluding hydrogens is 100 g/mol. The summed E-state index contributed by atoms with van der Waals surface area (Å²) in [5, 5.41) is 3.91. The van der Waals surface area contributed by atoms with Crippen molar-refractivity contribution in [2.45, 2.75) is 20.8 Å². The van der Waals surface area contributed by atoms with Gasteiger partial charge in [-0.25, -0.2) is 0 Å². The van der Waals surface area contributed by atoms with Crippen LogP contribution >= 0.6 is 0 Å². The van der Waals surface area contributed by atoms with Crippen LogP contribution in [0.1, 0.15) is 20.8 Å². The highest BCUT2D eigenvalue weighted by molar-refractivity contribution is 5.58. The van der Waals surface area contributed by atoms with Crippen molar-refractivity contribution in [3.63, 3.8) is 0 Å². The van der Waals surface area contributed by atoms with Crippen molar-refractivity contribution in [3.8, 4) is 0 Å². The molecular formula is C6H14N2. The molecule has 0 aromatic rings. The summed E-state index contributed by atoms with van der Waals surface area (Å²) < 4.78 is 0. The summed E-state index contributed by atoms with van der Waals surface area (Å²) in [4.78, 5) is 0. The van der Waals surface area contributed by atoms with Crippen LogP contribution in [0.4, 0.5) is 0 Å². The van der Waals surface area contributed by atoms with Crippen LogP contribution in [0.25, 0.3) is 0 Å². The van der Waals surface area contributed by atoms with Gasteiger partial charge in [0, 0.05) is 12.8 Å². The van der Waals surface area contributed by atoms with E-state index in [-0.39, 0.29) is 0 Å². The molecule has 0 aliphatic rings. The minimum Gasteiger partial charge on any atom is -0.311 e. The Balaban J connectivity index is 3.07. The third-order valence-corrected chi connectivity index (χ3v) is 0.622. The molecule has 1 N–H and O–H groups in total. The molecule has 2 nitrogen and oxygen atoms in total. The Morgan fingerprint density at radius 1 is 1.62 bits per heavy atom. The van der Waals surface area contributed by atoms with Crippen LogP contribution in [0.2, 0.25) is 0 Å².